The van der Waals surface area contributed by atoms with Gasteiger partial charge < -0.3 is 16.8 Å². The summed E-state index contributed by atoms with van der Waals surface area (Å²) in [6.45, 7) is 0. The number of hydrogen-bond donors (Lipinski definition) is 3. The molecule has 0 radical (unpaired) electrons. The van der Waals surface area contributed by atoms with E-state index in [-0.39, 0.29) is 28.0 Å². The number of carbonyl (C=O) groups excluding carboxylic acids is 3. The molecular weight excluding hydrogens is 527 g/mol. The number of nitrogens with one attached hydrogen (secondary N) is 1. The molecule has 3 aromatic rings. The SMILES string of the molecule is NC(=O)c1nsc(C(=O)N(c2cccc(C(F)(F)F)c2)[C@H](C(=O)NC2CCCCC2)c2cccs2)c1N. The Labute approximate surface area is 218 Å². The van der Waals surface area contributed by atoms with E-state index in [0.29, 0.717) is 16.4 Å². The third-order valence-corrected chi connectivity index (χ3v) is 7.87. The number of amides is 3. The third kappa shape index (κ3) is 5.77. The van der Waals surface area contributed by atoms with Gasteiger partial charge in [-0.1, -0.05) is 31.4 Å². The second kappa shape index (κ2) is 10.9. The molecule has 196 valence electrons. The molecule has 0 saturated heterocycles. The lowest BCUT2D eigenvalue weighted by molar-refractivity contribution is -0.137. The van der Waals surface area contributed by atoms with Gasteiger partial charge in [-0.05, 0) is 54.0 Å². The van der Waals surface area contributed by atoms with Crippen LogP contribution in [-0.4, -0.2) is 28.1 Å². The predicted molar refractivity (Wildman–Crippen MR) is 135 cm³/mol. The molecule has 4 rings (SSSR count). The Balaban J connectivity index is 1.84. The number of halogens is 3. The minimum atomic E-state index is -4.68. The van der Waals surface area contributed by atoms with Gasteiger partial charge in [0, 0.05) is 16.6 Å². The molecule has 1 aliphatic rings. The van der Waals surface area contributed by atoms with E-state index in [0.717, 1.165) is 55.2 Å². The van der Waals surface area contributed by atoms with Crippen molar-refractivity contribution in [1.29, 1.82) is 0 Å². The fraction of sp³-hybridized carbons (Fsp3) is 0.333. The highest BCUT2D eigenvalue weighted by atomic mass is 32.1. The Hall–Kier alpha value is -3.45. The largest absolute Gasteiger partial charge is 0.416 e. The number of primary amides is 1. The summed E-state index contributed by atoms with van der Waals surface area (Å²) in [7, 11) is 0. The van der Waals surface area contributed by atoms with Crippen molar-refractivity contribution < 1.29 is 27.6 Å². The van der Waals surface area contributed by atoms with Crippen molar-refractivity contribution in [1.82, 2.24) is 9.69 Å². The van der Waals surface area contributed by atoms with Crippen molar-refractivity contribution in [2.24, 2.45) is 5.73 Å². The van der Waals surface area contributed by atoms with Gasteiger partial charge in [-0.3, -0.25) is 19.3 Å². The first kappa shape index (κ1) is 26.6. The Bertz CT molecular complexity index is 1290. The van der Waals surface area contributed by atoms with Crippen LogP contribution in [0.1, 0.15) is 68.7 Å². The van der Waals surface area contributed by atoms with Crippen LogP contribution in [0.25, 0.3) is 0 Å². The summed E-state index contributed by atoms with van der Waals surface area (Å²) >= 11 is 1.78. The minimum Gasteiger partial charge on any atom is -0.395 e. The number of carbonyl (C=O) groups is 3. The Morgan fingerprint density at radius 2 is 1.84 bits per heavy atom. The number of benzene rings is 1. The Morgan fingerprint density at radius 3 is 2.43 bits per heavy atom. The average Bonchev–Trinajstić information content (AvgIpc) is 3.52. The lowest BCUT2D eigenvalue weighted by Gasteiger charge is -2.32. The maximum absolute atomic E-state index is 13.9. The van der Waals surface area contributed by atoms with Gasteiger partial charge in [-0.15, -0.1) is 11.3 Å². The summed E-state index contributed by atoms with van der Waals surface area (Å²) in [5.74, 6) is -2.36. The highest BCUT2D eigenvalue weighted by molar-refractivity contribution is 7.10. The standard InChI is InChI=1S/C24H24F3N5O3S2/c25-24(26,27)13-6-4-9-15(12-13)32(23(35)20-17(28)18(21(29)33)31-37-20)19(16-10-5-11-36-16)22(34)30-14-7-2-1-3-8-14/h4-6,9-12,14,19H,1-3,7-8,28H2,(H2,29,33)(H,30,34)/t19-/m0/s1. The van der Waals surface area contributed by atoms with Crippen LogP contribution in [-0.2, 0) is 11.0 Å². The second-order valence-electron chi connectivity index (χ2n) is 8.62. The molecule has 0 unspecified atom stereocenters. The van der Waals surface area contributed by atoms with E-state index in [9.17, 15) is 27.6 Å². The highest BCUT2D eigenvalue weighted by Gasteiger charge is 2.39. The highest BCUT2D eigenvalue weighted by Crippen LogP contribution is 2.38. The van der Waals surface area contributed by atoms with E-state index in [1.807, 2.05) is 0 Å². The number of rotatable bonds is 7. The van der Waals surface area contributed by atoms with E-state index in [1.165, 1.54) is 17.4 Å². The summed E-state index contributed by atoms with van der Waals surface area (Å²) in [5.41, 5.74) is 9.50. The van der Waals surface area contributed by atoms with Crippen molar-refractivity contribution in [3.63, 3.8) is 0 Å². The fourth-order valence-electron chi connectivity index (χ4n) is 4.30. The first-order valence-electron chi connectivity index (χ1n) is 11.5. The molecule has 37 heavy (non-hydrogen) atoms. The molecule has 13 heteroatoms. The number of nitrogen functional groups attached to an aromatic ring is 1. The van der Waals surface area contributed by atoms with Gasteiger partial charge in [0.05, 0.1) is 11.3 Å². The molecule has 2 heterocycles. The number of thiophene rings is 1. The Morgan fingerprint density at radius 1 is 1.11 bits per heavy atom. The lowest BCUT2D eigenvalue weighted by atomic mass is 9.95. The first-order valence-corrected chi connectivity index (χ1v) is 13.1. The zero-order valence-corrected chi connectivity index (χ0v) is 21.1. The summed E-state index contributed by atoms with van der Waals surface area (Å²) in [4.78, 5) is 40.5. The topological polar surface area (TPSA) is 131 Å². The van der Waals surface area contributed by atoms with Gasteiger partial charge in [0.25, 0.3) is 11.8 Å². The van der Waals surface area contributed by atoms with E-state index in [1.54, 1.807) is 17.5 Å². The minimum absolute atomic E-state index is 0.114. The number of anilines is 2. The number of nitrogens with zero attached hydrogens (tertiary/aromatic N) is 2. The van der Waals surface area contributed by atoms with E-state index < -0.39 is 35.5 Å². The van der Waals surface area contributed by atoms with Crippen LogP contribution < -0.4 is 21.7 Å². The summed E-state index contributed by atoms with van der Waals surface area (Å²) in [6.07, 6.45) is -0.205. The zero-order valence-electron chi connectivity index (χ0n) is 19.5. The summed E-state index contributed by atoms with van der Waals surface area (Å²) in [5, 5.41) is 4.69. The van der Waals surface area contributed by atoms with E-state index in [4.69, 9.17) is 11.5 Å². The van der Waals surface area contributed by atoms with Gasteiger partial charge in [-0.25, -0.2) is 0 Å². The van der Waals surface area contributed by atoms with Crippen molar-refractivity contribution in [2.75, 3.05) is 10.6 Å². The number of alkyl halides is 3. The molecular formula is C24H24F3N5O3S2. The van der Waals surface area contributed by atoms with Crippen molar-refractivity contribution in [3.05, 3.63) is 62.8 Å². The number of nitrogens with two attached hydrogens (primary N) is 2. The van der Waals surface area contributed by atoms with Crippen LogP contribution in [0.5, 0.6) is 0 Å². The van der Waals surface area contributed by atoms with Crippen molar-refractivity contribution >= 4 is 52.0 Å². The molecule has 3 amide bonds. The monoisotopic (exact) mass is 551 g/mol. The summed E-state index contributed by atoms with van der Waals surface area (Å²) in [6, 6.07) is 6.06. The van der Waals surface area contributed by atoms with Gasteiger partial charge in [-0.2, -0.15) is 17.5 Å². The average molecular weight is 552 g/mol. The molecule has 1 fully saturated rings. The molecule has 0 bridgehead atoms. The maximum Gasteiger partial charge on any atom is 0.416 e. The van der Waals surface area contributed by atoms with Crippen LogP contribution >= 0.6 is 22.9 Å². The van der Waals surface area contributed by atoms with Gasteiger partial charge in [0.15, 0.2) is 11.7 Å². The van der Waals surface area contributed by atoms with E-state index >= 15 is 0 Å². The van der Waals surface area contributed by atoms with E-state index in [2.05, 4.69) is 9.69 Å². The Kier molecular flexibility index (Phi) is 7.83. The van der Waals surface area contributed by atoms with Crippen LogP contribution in [0, 0.1) is 0 Å². The predicted octanol–water partition coefficient (Wildman–Crippen LogP) is 4.74. The summed E-state index contributed by atoms with van der Waals surface area (Å²) < 4.78 is 44.6. The first-order chi connectivity index (χ1) is 17.6. The normalized spacial score (nSPS) is 15.2. The fourth-order valence-corrected chi connectivity index (χ4v) is 5.86. The molecule has 0 aliphatic heterocycles. The maximum atomic E-state index is 13.9. The molecule has 8 nitrogen and oxygen atoms in total. The molecule has 2 aromatic heterocycles. The second-order valence-corrected chi connectivity index (χ2v) is 10.4. The van der Waals surface area contributed by atoms with Crippen molar-refractivity contribution in [2.45, 2.75) is 50.4 Å². The van der Waals surface area contributed by atoms with Crippen LogP contribution in [0.2, 0.25) is 0 Å². The van der Waals surface area contributed by atoms with Crippen LogP contribution in [0.15, 0.2) is 41.8 Å². The molecule has 1 aliphatic carbocycles. The number of hydrogen-bond acceptors (Lipinski definition) is 7. The molecule has 0 spiro atoms. The van der Waals surface area contributed by atoms with Crippen LogP contribution in [0.4, 0.5) is 24.5 Å². The molecule has 1 atom stereocenters. The van der Waals surface area contributed by atoms with Gasteiger partial charge >= 0.3 is 6.18 Å². The van der Waals surface area contributed by atoms with Crippen molar-refractivity contribution in [3.8, 4) is 0 Å². The smallest absolute Gasteiger partial charge is 0.395 e. The zero-order chi connectivity index (χ0) is 26.7. The molecule has 1 saturated carbocycles. The van der Waals surface area contributed by atoms with Crippen LogP contribution in [0.3, 0.4) is 0 Å². The quantitative estimate of drug-likeness (QED) is 0.390. The lowest BCUT2D eigenvalue weighted by Crippen LogP contribution is -2.47. The molecule has 5 N–H and O–H groups in total. The number of aromatic nitrogens is 1. The van der Waals surface area contributed by atoms with Gasteiger partial charge in [0.2, 0.25) is 5.91 Å². The third-order valence-electron chi connectivity index (χ3n) is 6.10. The molecule has 1 aromatic carbocycles. The van der Waals surface area contributed by atoms with Gasteiger partial charge in [0.1, 0.15) is 4.88 Å².